The molecule has 0 aliphatic heterocycles. The van der Waals surface area contributed by atoms with Crippen molar-refractivity contribution in [2.45, 2.75) is 0 Å². The van der Waals surface area contributed by atoms with E-state index in [1.165, 1.54) is 12.1 Å². The van der Waals surface area contributed by atoms with Crippen molar-refractivity contribution in [3.05, 3.63) is 101 Å². The van der Waals surface area contributed by atoms with Crippen LogP contribution in [0.4, 0.5) is 15.8 Å². The summed E-state index contributed by atoms with van der Waals surface area (Å²) in [5.74, 6) is -2.29. The highest BCUT2D eigenvalue weighted by Gasteiger charge is 2.18. The molecule has 0 atom stereocenters. The second-order valence-electron chi connectivity index (χ2n) is 5.96. The Labute approximate surface area is 165 Å². The number of carbonyl (C=O) groups excluding carboxylic acids is 1. The van der Waals surface area contributed by atoms with Crippen LogP contribution in [0.2, 0.25) is 5.02 Å². The molecule has 0 aromatic heterocycles. The third-order valence-electron chi connectivity index (χ3n) is 4.13. The molecule has 0 saturated heterocycles. The van der Waals surface area contributed by atoms with Gasteiger partial charge in [0, 0.05) is 22.4 Å². The van der Waals surface area contributed by atoms with Crippen LogP contribution in [0.5, 0.6) is 0 Å². The van der Waals surface area contributed by atoms with Crippen LogP contribution >= 0.6 is 11.6 Å². The number of halogens is 2. The molecule has 0 bridgehead atoms. The van der Waals surface area contributed by atoms with Crippen molar-refractivity contribution in [3.63, 3.8) is 0 Å². The molecule has 0 unspecified atom stereocenters. The average Bonchev–Trinajstić information content (AvgIpc) is 2.69. The van der Waals surface area contributed by atoms with Gasteiger partial charge in [-0.1, -0.05) is 48.5 Å². The Morgan fingerprint density at radius 3 is 2.21 bits per heavy atom. The fourth-order valence-electron chi connectivity index (χ4n) is 2.68. The van der Waals surface area contributed by atoms with E-state index in [0.29, 0.717) is 21.8 Å². The molecule has 6 heteroatoms. The van der Waals surface area contributed by atoms with Crippen molar-refractivity contribution in [3.8, 4) is 0 Å². The minimum absolute atomic E-state index is 0.0791. The number of anilines is 2. The second kappa shape index (κ2) is 8.06. The topological polar surface area (TPSA) is 66.4 Å². The molecule has 0 aliphatic carbocycles. The lowest BCUT2D eigenvalue weighted by Crippen LogP contribution is -2.06. The van der Waals surface area contributed by atoms with E-state index >= 15 is 0 Å². The molecule has 4 nitrogen and oxygen atoms in total. The molecular weight excluding hydrogens is 381 g/mol. The number of aromatic carboxylic acids is 1. The van der Waals surface area contributed by atoms with Crippen molar-refractivity contribution in [2.75, 3.05) is 5.32 Å². The summed E-state index contributed by atoms with van der Waals surface area (Å²) < 4.78 is 14.3. The maximum Gasteiger partial charge on any atom is 0.335 e. The highest BCUT2D eigenvalue weighted by Crippen LogP contribution is 2.30. The van der Waals surface area contributed by atoms with E-state index in [1.54, 1.807) is 48.5 Å². The van der Waals surface area contributed by atoms with Crippen molar-refractivity contribution < 1.29 is 19.1 Å². The third-order valence-corrected chi connectivity index (χ3v) is 4.46. The quantitative estimate of drug-likeness (QED) is 0.408. The summed E-state index contributed by atoms with van der Waals surface area (Å²) in [4.78, 5) is 23.8. The van der Waals surface area contributed by atoms with Gasteiger partial charge >= 0.3 is 5.97 Å². The Morgan fingerprint density at radius 2 is 1.57 bits per heavy atom. The highest BCUT2D eigenvalue weighted by molar-refractivity contribution is 6.39. The molecule has 140 valence electrons. The van der Waals surface area contributed by atoms with Gasteiger partial charge in [0.1, 0.15) is 5.82 Å². The summed E-state index contributed by atoms with van der Waals surface area (Å²) in [6, 6.07) is 17.0. The third kappa shape index (κ3) is 3.94. The van der Waals surface area contributed by atoms with Crippen molar-refractivity contribution in [2.24, 2.45) is 0 Å². The first-order valence-electron chi connectivity index (χ1n) is 8.26. The van der Waals surface area contributed by atoms with Crippen LogP contribution in [0, 0.1) is 5.82 Å². The van der Waals surface area contributed by atoms with E-state index in [2.05, 4.69) is 11.9 Å². The predicted octanol–water partition coefficient (Wildman–Crippen LogP) is 5.82. The maximum atomic E-state index is 14.3. The molecular formula is C22H15ClFNO3. The lowest BCUT2D eigenvalue weighted by molar-refractivity contribution is 0.0696. The molecule has 0 fully saturated rings. The minimum Gasteiger partial charge on any atom is -0.478 e. The molecule has 0 spiro atoms. The molecule has 3 aromatic rings. The van der Waals surface area contributed by atoms with Gasteiger partial charge in [-0.3, -0.25) is 4.79 Å². The number of hydrogen-bond donors (Lipinski definition) is 2. The molecule has 28 heavy (non-hydrogen) atoms. The largest absolute Gasteiger partial charge is 0.478 e. The normalized spacial score (nSPS) is 10.4. The Morgan fingerprint density at radius 1 is 0.929 bits per heavy atom. The number of Topliss-reactive ketones (excluding diaryl/α,β-unsaturated/α-hetero) is 1. The van der Waals surface area contributed by atoms with Gasteiger partial charge in [0.25, 0.3) is 0 Å². The van der Waals surface area contributed by atoms with Gasteiger partial charge in [0.15, 0.2) is 5.78 Å². The average molecular weight is 396 g/mol. The minimum atomic E-state index is -1.22. The summed E-state index contributed by atoms with van der Waals surface area (Å²) in [7, 11) is 0. The molecule has 0 aliphatic rings. The van der Waals surface area contributed by atoms with Gasteiger partial charge in [-0.15, -0.1) is 0 Å². The van der Waals surface area contributed by atoms with E-state index in [-0.39, 0.29) is 22.6 Å². The Balaban J connectivity index is 1.94. The smallest absolute Gasteiger partial charge is 0.335 e. The Kier molecular flexibility index (Phi) is 5.57. The van der Waals surface area contributed by atoms with Crippen molar-refractivity contribution >= 4 is 40.3 Å². The molecule has 0 radical (unpaired) electrons. The number of para-hydroxylation sites is 1. The van der Waals surface area contributed by atoms with Crippen molar-refractivity contribution in [1.29, 1.82) is 0 Å². The zero-order chi connectivity index (χ0) is 20.3. The maximum absolute atomic E-state index is 14.3. The molecule has 3 aromatic carbocycles. The van der Waals surface area contributed by atoms with E-state index in [1.807, 2.05) is 0 Å². The Bertz CT molecular complexity index is 1090. The summed E-state index contributed by atoms with van der Waals surface area (Å²) in [6.45, 7) is 3.88. The number of allylic oxidation sites excluding steroid dienone is 1. The number of benzene rings is 3. The van der Waals surface area contributed by atoms with Crippen LogP contribution in [0.15, 0.2) is 73.3 Å². The van der Waals surface area contributed by atoms with Crippen LogP contribution in [-0.2, 0) is 0 Å². The van der Waals surface area contributed by atoms with Crippen LogP contribution in [0.3, 0.4) is 0 Å². The van der Waals surface area contributed by atoms with Crippen LogP contribution in [-0.4, -0.2) is 16.9 Å². The van der Waals surface area contributed by atoms with Gasteiger partial charge in [0.2, 0.25) is 0 Å². The van der Waals surface area contributed by atoms with Gasteiger partial charge < -0.3 is 10.4 Å². The second-order valence-corrected chi connectivity index (χ2v) is 6.37. The first-order valence-corrected chi connectivity index (χ1v) is 8.63. The number of carboxylic acid groups (broad SMARTS) is 1. The van der Waals surface area contributed by atoms with Crippen molar-refractivity contribution in [1.82, 2.24) is 0 Å². The monoisotopic (exact) mass is 395 g/mol. The summed E-state index contributed by atoms with van der Waals surface area (Å²) in [5, 5.41) is 12.2. The number of rotatable bonds is 6. The lowest BCUT2D eigenvalue weighted by atomic mass is 9.96. The fourth-order valence-corrected chi connectivity index (χ4v) is 2.90. The first-order chi connectivity index (χ1) is 13.4. The molecule has 3 rings (SSSR count). The van der Waals surface area contributed by atoms with Gasteiger partial charge in [0.05, 0.1) is 16.3 Å². The Hall–Kier alpha value is -3.44. The predicted molar refractivity (Wildman–Crippen MR) is 108 cm³/mol. The van der Waals surface area contributed by atoms with E-state index < -0.39 is 11.8 Å². The van der Waals surface area contributed by atoms with Gasteiger partial charge in [-0.2, -0.15) is 0 Å². The lowest BCUT2D eigenvalue weighted by Gasteiger charge is -2.14. The SMILES string of the molecule is C=C(C(=O)c1ccccc1Cl)c1ccccc1Nc1ccc(C(=O)O)cc1F. The number of nitrogens with one attached hydrogen (secondary N) is 1. The summed E-state index contributed by atoms with van der Waals surface area (Å²) >= 11 is 6.11. The van der Waals surface area contributed by atoms with E-state index in [0.717, 1.165) is 6.07 Å². The van der Waals surface area contributed by atoms with Crippen LogP contribution < -0.4 is 5.32 Å². The van der Waals surface area contributed by atoms with Crippen LogP contribution in [0.25, 0.3) is 5.57 Å². The first kappa shape index (κ1) is 19.3. The van der Waals surface area contributed by atoms with Gasteiger partial charge in [-0.05, 0) is 36.4 Å². The molecule has 0 saturated carbocycles. The molecule has 2 N–H and O–H groups in total. The zero-order valence-electron chi connectivity index (χ0n) is 14.6. The zero-order valence-corrected chi connectivity index (χ0v) is 15.3. The fraction of sp³-hybridized carbons (Fsp3) is 0. The number of carbonyl (C=O) groups is 2. The summed E-state index contributed by atoms with van der Waals surface area (Å²) in [5.41, 5.74) is 1.37. The molecule has 0 heterocycles. The summed E-state index contributed by atoms with van der Waals surface area (Å²) in [6.07, 6.45) is 0. The number of carboxylic acids is 1. The number of hydrogen-bond acceptors (Lipinski definition) is 3. The molecule has 0 amide bonds. The van der Waals surface area contributed by atoms with Crippen LogP contribution in [0.1, 0.15) is 26.3 Å². The van der Waals surface area contributed by atoms with E-state index in [4.69, 9.17) is 16.7 Å². The van der Waals surface area contributed by atoms with Gasteiger partial charge in [-0.25, -0.2) is 9.18 Å². The number of ketones is 1. The van der Waals surface area contributed by atoms with E-state index in [9.17, 15) is 14.0 Å². The standard InChI is InChI=1S/C22H15ClFNO3/c1-13(21(26)16-7-2-4-8-17(16)23)15-6-3-5-9-19(15)25-20-11-10-14(22(27)28)12-18(20)24/h2-12,25H,1H2,(H,27,28). The highest BCUT2D eigenvalue weighted by atomic mass is 35.5.